The molecule has 0 saturated heterocycles. The summed E-state index contributed by atoms with van der Waals surface area (Å²) in [5.41, 5.74) is 3.93. The van der Waals surface area contributed by atoms with Gasteiger partial charge in [0.15, 0.2) is 12.4 Å². The summed E-state index contributed by atoms with van der Waals surface area (Å²) < 4.78 is 5.55. The molecule has 0 heterocycles. The number of benzene rings is 3. The Bertz CT molecular complexity index is 1310. The molecule has 0 aliphatic heterocycles. The fraction of sp³-hybridized carbons (Fsp3) is 0.120. The number of rotatable bonds is 7. The lowest BCUT2D eigenvalue weighted by atomic mass is 10.0. The number of carbonyl (C=O) groups is 1. The standard InChI is InChI=1S/C25H19Cl2N3O4/c1-15-4-3-5-23(16(15)2)29-24(31)14-34-25-21(26)11-17(12-22(25)27)10-19(13-28)18-6-8-20(9-7-18)30(32)33/h3-12H,14H2,1-2H3,(H,29,31)/b19-10+. The Kier molecular flexibility index (Phi) is 7.90. The molecule has 0 radical (unpaired) electrons. The monoisotopic (exact) mass is 495 g/mol. The summed E-state index contributed by atoms with van der Waals surface area (Å²) in [5.74, 6) is -0.222. The second kappa shape index (κ2) is 10.8. The van der Waals surface area contributed by atoms with Crippen molar-refractivity contribution in [2.45, 2.75) is 13.8 Å². The van der Waals surface area contributed by atoms with Gasteiger partial charge in [0.2, 0.25) is 0 Å². The molecule has 9 heteroatoms. The smallest absolute Gasteiger partial charge is 0.269 e. The molecule has 0 aromatic heterocycles. The van der Waals surface area contributed by atoms with E-state index in [1.54, 1.807) is 24.3 Å². The Morgan fingerprint density at radius 2 is 1.79 bits per heavy atom. The zero-order chi connectivity index (χ0) is 24.8. The van der Waals surface area contributed by atoms with Gasteiger partial charge in [-0.05, 0) is 72.5 Å². The number of aryl methyl sites for hydroxylation is 1. The minimum atomic E-state index is -0.514. The van der Waals surface area contributed by atoms with Crippen LogP contribution in [0.3, 0.4) is 0 Å². The highest BCUT2D eigenvalue weighted by atomic mass is 35.5. The zero-order valence-corrected chi connectivity index (χ0v) is 19.8. The molecule has 0 aliphatic rings. The van der Waals surface area contributed by atoms with E-state index in [1.165, 1.54) is 24.3 Å². The maximum Gasteiger partial charge on any atom is 0.269 e. The quantitative estimate of drug-likeness (QED) is 0.172. The second-order valence-electron chi connectivity index (χ2n) is 7.37. The third-order valence-corrected chi connectivity index (χ3v) is 5.63. The number of allylic oxidation sites excluding steroid dienone is 1. The first-order valence-corrected chi connectivity index (χ1v) is 10.8. The predicted octanol–water partition coefficient (Wildman–Crippen LogP) is 6.60. The molecule has 0 spiro atoms. The Morgan fingerprint density at radius 1 is 1.15 bits per heavy atom. The van der Waals surface area contributed by atoms with Crippen LogP contribution in [0.2, 0.25) is 10.0 Å². The molecule has 3 rings (SSSR count). The first kappa shape index (κ1) is 24.8. The van der Waals surface area contributed by atoms with E-state index in [-0.39, 0.29) is 39.6 Å². The molecule has 34 heavy (non-hydrogen) atoms. The highest BCUT2D eigenvalue weighted by Crippen LogP contribution is 2.35. The number of amides is 1. The second-order valence-corrected chi connectivity index (χ2v) is 8.19. The van der Waals surface area contributed by atoms with Crippen LogP contribution in [0.1, 0.15) is 22.3 Å². The maximum atomic E-state index is 12.3. The molecular formula is C25H19Cl2N3O4. The number of nitriles is 1. The normalized spacial score (nSPS) is 11.0. The van der Waals surface area contributed by atoms with Crippen LogP contribution in [0.4, 0.5) is 11.4 Å². The predicted molar refractivity (Wildman–Crippen MR) is 133 cm³/mol. The summed E-state index contributed by atoms with van der Waals surface area (Å²) in [5, 5.41) is 23.5. The van der Waals surface area contributed by atoms with Gasteiger partial charge in [-0.2, -0.15) is 5.26 Å². The molecule has 1 N–H and O–H groups in total. The van der Waals surface area contributed by atoms with Crippen LogP contribution in [0, 0.1) is 35.3 Å². The van der Waals surface area contributed by atoms with Crippen molar-refractivity contribution in [3.8, 4) is 11.8 Å². The van der Waals surface area contributed by atoms with Crippen LogP contribution in [-0.4, -0.2) is 17.4 Å². The van der Waals surface area contributed by atoms with E-state index < -0.39 is 4.92 Å². The largest absolute Gasteiger partial charge is 0.481 e. The van der Waals surface area contributed by atoms with Crippen molar-refractivity contribution in [1.82, 2.24) is 0 Å². The lowest BCUT2D eigenvalue weighted by molar-refractivity contribution is -0.384. The lowest BCUT2D eigenvalue weighted by Gasteiger charge is -2.13. The SMILES string of the molecule is Cc1cccc(NC(=O)COc2c(Cl)cc(/C=C(\C#N)c3ccc([N+](=O)[O-])cc3)cc2Cl)c1C. The van der Waals surface area contributed by atoms with Gasteiger partial charge in [0.1, 0.15) is 0 Å². The average Bonchev–Trinajstić information content (AvgIpc) is 2.80. The van der Waals surface area contributed by atoms with Gasteiger partial charge in [0.25, 0.3) is 11.6 Å². The van der Waals surface area contributed by atoms with E-state index in [1.807, 2.05) is 26.0 Å². The van der Waals surface area contributed by atoms with Crippen molar-refractivity contribution in [3.05, 3.63) is 97.0 Å². The van der Waals surface area contributed by atoms with E-state index in [9.17, 15) is 20.2 Å². The van der Waals surface area contributed by atoms with E-state index in [4.69, 9.17) is 27.9 Å². The molecular weight excluding hydrogens is 477 g/mol. The Morgan fingerprint density at radius 3 is 2.38 bits per heavy atom. The van der Waals surface area contributed by atoms with Gasteiger partial charge >= 0.3 is 0 Å². The molecule has 0 bridgehead atoms. The van der Waals surface area contributed by atoms with Crippen molar-refractivity contribution < 1.29 is 14.5 Å². The Hall–Kier alpha value is -3.86. The summed E-state index contributed by atoms with van der Waals surface area (Å²) in [6.45, 7) is 3.57. The van der Waals surface area contributed by atoms with Crippen LogP contribution < -0.4 is 10.1 Å². The van der Waals surface area contributed by atoms with E-state index >= 15 is 0 Å². The number of non-ortho nitro benzene ring substituents is 1. The number of halogens is 2. The molecule has 0 aliphatic carbocycles. The fourth-order valence-corrected chi connectivity index (χ4v) is 3.73. The Balaban J connectivity index is 1.75. The van der Waals surface area contributed by atoms with E-state index in [2.05, 4.69) is 11.4 Å². The maximum absolute atomic E-state index is 12.3. The van der Waals surface area contributed by atoms with Gasteiger partial charge in [-0.3, -0.25) is 14.9 Å². The first-order valence-electron chi connectivity index (χ1n) is 10.0. The molecule has 0 fully saturated rings. The minimum Gasteiger partial charge on any atom is -0.481 e. The molecule has 0 unspecified atom stereocenters. The zero-order valence-electron chi connectivity index (χ0n) is 18.3. The molecule has 1 amide bonds. The lowest BCUT2D eigenvalue weighted by Crippen LogP contribution is -2.21. The van der Waals surface area contributed by atoms with Crippen molar-refractivity contribution in [1.29, 1.82) is 5.26 Å². The third-order valence-electron chi connectivity index (χ3n) is 5.07. The highest BCUT2D eigenvalue weighted by molar-refractivity contribution is 6.37. The average molecular weight is 496 g/mol. The van der Waals surface area contributed by atoms with Gasteiger partial charge in [-0.15, -0.1) is 0 Å². The van der Waals surface area contributed by atoms with Gasteiger partial charge in [-0.25, -0.2) is 0 Å². The number of nitro benzene ring substituents is 1. The number of anilines is 1. The van der Waals surface area contributed by atoms with Crippen molar-refractivity contribution in [2.75, 3.05) is 11.9 Å². The van der Waals surface area contributed by atoms with Crippen LogP contribution >= 0.6 is 23.2 Å². The molecule has 172 valence electrons. The van der Waals surface area contributed by atoms with E-state index in [0.29, 0.717) is 16.8 Å². The fourth-order valence-electron chi connectivity index (χ4n) is 3.12. The number of hydrogen-bond donors (Lipinski definition) is 1. The summed E-state index contributed by atoms with van der Waals surface area (Å²) in [7, 11) is 0. The third kappa shape index (κ3) is 5.93. The van der Waals surface area contributed by atoms with Crippen LogP contribution in [-0.2, 0) is 4.79 Å². The molecule has 0 saturated carbocycles. The van der Waals surface area contributed by atoms with Crippen LogP contribution in [0.15, 0.2) is 54.6 Å². The van der Waals surface area contributed by atoms with Crippen molar-refractivity contribution in [2.24, 2.45) is 0 Å². The van der Waals surface area contributed by atoms with Gasteiger partial charge in [0, 0.05) is 17.8 Å². The molecule has 0 atom stereocenters. The highest BCUT2D eigenvalue weighted by Gasteiger charge is 2.14. The Labute approximate surface area is 206 Å². The van der Waals surface area contributed by atoms with Crippen LogP contribution in [0.5, 0.6) is 5.75 Å². The molecule has 3 aromatic rings. The minimum absolute atomic E-state index is 0.0739. The van der Waals surface area contributed by atoms with Gasteiger partial charge in [-0.1, -0.05) is 35.3 Å². The van der Waals surface area contributed by atoms with Gasteiger partial charge in [0.05, 0.1) is 26.6 Å². The number of carbonyl (C=O) groups excluding carboxylic acids is 1. The molecule has 3 aromatic carbocycles. The number of ether oxygens (including phenoxy) is 1. The summed E-state index contributed by atoms with van der Waals surface area (Å²) in [4.78, 5) is 22.6. The van der Waals surface area contributed by atoms with Crippen molar-refractivity contribution >= 4 is 52.1 Å². The first-order chi connectivity index (χ1) is 16.2. The summed E-state index contributed by atoms with van der Waals surface area (Å²) in [6, 6.07) is 16.4. The number of nitrogens with zero attached hydrogens (tertiary/aromatic N) is 2. The molecule has 7 nitrogen and oxygen atoms in total. The van der Waals surface area contributed by atoms with Crippen LogP contribution in [0.25, 0.3) is 11.6 Å². The summed E-state index contributed by atoms with van der Waals surface area (Å²) in [6.07, 6.45) is 1.55. The van der Waals surface area contributed by atoms with E-state index in [0.717, 1.165) is 11.1 Å². The van der Waals surface area contributed by atoms with Gasteiger partial charge < -0.3 is 10.1 Å². The summed E-state index contributed by atoms with van der Waals surface area (Å²) >= 11 is 12.6. The topological polar surface area (TPSA) is 105 Å². The number of nitrogens with one attached hydrogen (secondary N) is 1. The van der Waals surface area contributed by atoms with Crippen molar-refractivity contribution in [3.63, 3.8) is 0 Å². The number of hydrogen-bond acceptors (Lipinski definition) is 5. The number of nitro groups is 1.